The molecule has 0 saturated carbocycles. The highest BCUT2D eigenvalue weighted by Gasteiger charge is 2.38. The van der Waals surface area contributed by atoms with E-state index in [-0.39, 0.29) is 17.5 Å². The molecule has 0 fully saturated rings. The van der Waals surface area contributed by atoms with Crippen LogP contribution in [0.5, 0.6) is 0 Å². The van der Waals surface area contributed by atoms with E-state index in [1.54, 1.807) is 47.5 Å². The second kappa shape index (κ2) is 6.28. The maximum absolute atomic E-state index is 13.3. The summed E-state index contributed by atoms with van der Waals surface area (Å²) in [6.07, 6.45) is 8.08. The van der Waals surface area contributed by atoms with Gasteiger partial charge in [0.2, 0.25) is 5.91 Å². The van der Waals surface area contributed by atoms with Crippen LogP contribution in [0.15, 0.2) is 66.9 Å². The summed E-state index contributed by atoms with van der Waals surface area (Å²) in [6, 6.07) is 11.8. The first-order valence-electron chi connectivity index (χ1n) is 7.38. The Kier molecular flexibility index (Phi) is 4.16. The maximum Gasteiger partial charge on any atom is 0.219 e. The van der Waals surface area contributed by atoms with Gasteiger partial charge in [0, 0.05) is 24.4 Å². The van der Waals surface area contributed by atoms with Gasteiger partial charge in [0.05, 0.1) is 0 Å². The van der Waals surface area contributed by atoms with Crippen molar-refractivity contribution in [2.45, 2.75) is 12.6 Å². The van der Waals surface area contributed by atoms with Crippen LogP contribution in [-0.4, -0.2) is 5.91 Å². The largest absolute Gasteiger partial charge is 0.326 e. The van der Waals surface area contributed by atoms with E-state index in [1.165, 1.54) is 31.2 Å². The van der Waals surface area contributed by atoms with E-state index < -0.39 is 5.66 Å². The molecule has 121 valence electrons. The molecule has 0 bridgehead atoms. The number of amides is 1. The van der Waals surface area contributed by atoms with Crippen LogP contribution in [0.1, 0.15) is 12.5 Å². The minimum atomic E-state index is -1.08. The van der Waals surface area contributed by atoms with Crippen LogP contribution in [-0.2, 0) is 10.5 Å². The molecule has 0 saturated heterocycles. The smallest absolute Gasteiger partial charge is 0.219 e. The molecule has 1 unspecified atom stereocenters. The van der Waals surface area contributed by atoms with Crippen LogP contribution in [0.2, 0.25) is 0 Å². The van der Waals surface area contributed by atoms with E-state index in [4.69, 9.17) is 0 Å². The average molecular weight is 325 g/mol. The molecular weight excluding hydrogens is 310 g/mol. The summed E-state index contributed by atoms with van der Waals surface area (Å²) < 4.78 is 26.6. The van der Waals surface area contributed by atoms with E-state index in [9.17, 15) is 13.6 Å². The third-order valence-electron chi connectivity index (χ3n) is 3.75. The predicted molar refractivity (Wildman–Crippen MR) is 87.7 cm³/mol. The van der Waals surface area contributed by atoms with Crippen molar-refractivity contribution in [1.82, 2.24) is 5.32 Å². The molecule has 1 N–H and O–H groups in total. The molecule has 1 aliphatic heterocycles. The Morgan fingerprint density at radius 2 is 1.62 bits per heavy atom. The van der Waals surface area contributed by atoms with Gasteiger partial charge in [-0.15, -0.1) is 0 Å². The molecule has 3 rings (SSSR count). The quantitative estimate of drug-likeness (QED) is 0.934. The molecule has 2 aromatic carbocycles. The summed E-state index contributed by atoms with van der Waals surface area (Å²) in [5, 5.41) is 2.90. The van der Waals surface area contributed by atoms with Crippen LogP contribution in [0, 0.1) is 17.7 Å². The van der Waals surface area contributed by atoms with Crippen LogP contribution in [0.25, 0.3) is 0 Å². The minimum absolute atomic E-state index is 0.264. The highest BCUT2D eigenvalue weighted by molar-refractivity contribution is 5.76. The highest BCUT2D eigenvalue weighted by Crippen LogP contribution is 2.35. The van der Waals surface area contributed by atoms with Gasteiger partial charge in [-0.05, 0) is 54.6 Å². The molecule has 5 heteroatoms. The Hall–Kier alpha value is -2.95. The fourth-order valence-electron chi connectivity index (χ4n) is 2.73. The molecule has 0 aliphatic carbocycles. The Balaban J connectivity index is 2.15. The standard InChI is InChI=1S/C19H15F2N2O/c1-14(24)22-19(15-4-6-16(20)7-5-15)12-2-3-13-23(19)18-10-8-17(21)9-11-18/h3-13H,1H3,(H,22,24). The zero-order chi connectivity index (χ0) is 17.2. The van der Waals surface area contributed by atoms with Gasteiger partial charge >= 0.3 is 0 Å². The summed E-state index contributed by atoms with van der Waals surface area (Å²) >= 11 is 0. The SMILES string of the molecule is CC(=O)NC1(c2ccc(F)cc2)C=[C]C=CN1c1ccc(F)cc1. The number of hydrogen-bond donors (Lipinski definition) is 1. The van der Waals surface area contributed by atoms with Gasteiger partial charge in [-0.1, -0.05) is 12.1 Å². The number of carbonyl (C=O) groups is 1. The lowest BCUT2D eigenvalue weighted by Crippen LogP contribution is -2.55. The topological polar surface area (TPSA) is 32.3 Å². The summed E-state index contributed by atoms with van der Waals surface area (Å²) in [5.41, 5.74) is 0.246. The lowest BCUT2D eigenvalue weighted by atomic mass is 9.94. The Labute approximate surface area is 138 Å². The van der Waals surface area contributed by atoms with Gasteiger partial charge in [-0.25, -0.2) is 8.78 Å². The van der Waals surface area contributed by atoms with E-state index in [1.807, 2.05) is 0 Å². The van der Waals surface area contributed by atoms with Crippen LogP contribution in [0.3, 0.4) is 0 Å². The number of halogens is 2. The Morgan fingerprint density at radius 3 is 2.21 bits per heavy atom. The van der Waals surface area contributed by atoms with Crippen molar-refractivity contribution in [1.29, 1.82) is 0 Å². The zero-order valence-corrected chi connectivity index (χ0v) is 13.0. The summed E-state index contributed by atoms with van der Waals surface area (Å²) in [5.74, 6) is -0.988. The van der Waals surface area contributed by atoms with Crippen molar-refractivity contribution in [3.63, 3.8) is 0 Å². The molecule has 0 spiro atoms. The van der Waals surface area contributed by atoms with Crippen molar-refractivity contribution in [3.8, 4) is 0 Å². The minimum Gasteiger partial charge on any atom is -0.326 e. The molecule has 1 radical (unpaired) electrons. The molecular formula is C19H15F2N2O. The number of carbonyl (C=O) groups excluding carboxylic acids is 1. The van der Waals surface area contributed by atoms with Crippen molar-refractivity contribution < 1.29 is 13.6 Å². The third-order valence-corrected chi connectivity index (χ3v) is 3.75. The molecule has 1 atom stereocenters. The Morgan fingerprint density at radius 1 is 1.04 bits per heavy atom. The zero-order valence-electron chi connectivity index (χ0n) is 13.0. The van der Waals surface area contributed by atoms with Crippen LogP contribution >= 0.6 is 0 Å². The van der Waals surface area contributed by atoms with Crippen LogP contribution in [0.4, 0.5) is 14.5 Å². The summed E-state index contributed by atoms with van der Waals surface area (Å²) in [4.78, 5) is 13.6. The lowest BCUT2D eigenvalue weighted by molar-refractivity contribution is -0.120. The molecule has 1 heterocycles. The van der Waals surface area contributed by atoms with Crippen molar-refractivity contribution in [2.24, 2.45) is 0 Å². The summed E-state index contributed by atoms with van der Waals surface area (Å²) in [7, 11) is 0. The van der Waals surface area contributed by atoms with Crippen molar-refractivity contribution in [2.75, 3.05) is 4.90 Å². The van der Waals surface area contributed by atoms with E-state index >= 15 is 0 Å². The number of hydrogen-bond acceptors (Lipinski definition) is 2. The highest BCUT2D eigenvalue weighted by atomic mass is 19.1. The van der Waals surface area contributed by atoms with Gasteiger partial charge in [0.15, 0.2) is 5.66 Å². The van der Waals surface area contributed by atoms with Crippen molar-refractivity contribution >= 4 is 11.6 Å². The fraction of sp³-hybridized carbons (Fsp3) is 0.105. The fourth-order valence-corrected chi connectivity index (χ4v) is 2.73. The molecule has 3 nitrogen and oxygen atoms in total. The Bertz CT molecular complexity index is 797. The number of nitrogens with zero attached hydrogens (tertiary/aromatic N) is 1. The number of nitrogens with one attached hydrogen (secondary N) is 1. The number of anilines is 1. The predicted octanol–water partition coefficient (Wildman–Crippen LogP) is 3.65. The first-order valence-corrected chi connectivity index (χ1v) is 7.38. The van der Waals surface area contributed by atoms with Crippen molar-refractivity contribution in [3.05, 3.63) is 90.2 Å². The van der Waals surface area contributed by atoms with Gasteiger partial charge < -0.3 is 10.2 Å². The second-order valence-electron chi connectivity index (χ2n) is 5.43. The number of benzene rings is 2. The maximum atomic E-state index is 13.3. The van der Waals surface area contributed by atoms with Gasteiger partial charge in [0.1, 0.15) is 11.6 Å². The number of allylic oxidation sites excluding steroid dienone is 2. The molecule has 24 heavy (non-hydrogen) atoms. The molecule has 2 aromatic rings. The average Bonchev–Trinajstić information content (AvgIpc) is 2.56. The first-order chi connectivity index (χ1) is 11.5. The normalized spacial score (nSPS) is 19.4. The lowest BCUT2D eigenvalue weighted by Gasteiger charge is -2.43. The molecule has 1 amide bonds. The molecule has 1 aliphatic rings. The number of rotatable bonds is 3. The molecule has 0 aromatic heterocycles. The van der Waals surface area contributed by atoms with Gasteiger partial charge in [-0.3, -0.25) is 4.79 Å². The van der Waals surface area contributed by atoms with Gasteiger partial charge in [0.25, 0.3) is 0 Å². The summed E-state index contributed by atoms with van der Waals surface area (Å²) in [6.45, 7) is 1.40. The van der Waals surface area contributed by atoms with Crippen LogP contribution < -0.4 is 10.2 Å². The van der Waals surface area contributed by atoms with E-state index in [0.29, 0.717) is 11.3 Å². The van der Waals surface area contributed by atoms with E-state index in [0.717, 1.165) is 0 Å². The third kappa shape index (κ3) is 2.93. The second-order valence-corrected chi connectivity index (χ2v) is 5.43. The van der Waals surface area contributed by atoms with Gasteiger partial charge in [-0.2, -0.15) is 0 Å². The van der Waals surface area contributed by atoms with E-state index in [2.05, 4.69) is 11.4 Å². The monoisotopic (exact) mass is 325 g/mol. The first kappa shape index (κ1) is 15.9.